The van der Waals surface area contributed by atoms with Gasteiger partial charge in [-0.15, -0.1) is 0 Å². The standard InChI is InChI=1S/C18H16N2O/c1-4-14-15(5-2)20(3)18(19-14)17-12-11-16(21-17)13-9-7-6-8-10-13/h4-12H,1-2H2,3H3. The second-order valence-corrected chi connectivity index (χ2v) is 4.70. The van der Waals surface area contributed by atoms with E-state index in [9.17, 15) is 0 Å². The molecular weight excluding hydrogens is 260 g/mol. The summed E-state index contributed by atoms with van der Waals surface area (Å²) < 4.78 is 7.90. The Morgan fingerprint density at radius 3 is 2.33 bits per heavy atom. The normalized spacial score (nSPS) is 10.5. The summed E-state index contributed by atoms with van der Waals surface area (Å²) in [5.41, 5.74) is 2.78. The zero-order chi connectivity index (χ0) is 14.8. The summed E-state index contributed by atoms with van der Waals surface area (Å²) in [6, 6.07) is 13.9. The lowest BCUT2D eigenvalue weighted by Gasteiger charge is -2.00. The third kappa shape index (κ3) is 2.23. The fraction of sp³-hybridized carbons (Fsp3) is 0.0556. The van der Waals surface area contributed by atoms with Gasteiger partial charge in [0.05, 0.1) is 11.4 Å². The highest BCUT2D eigenvalue weighted by Crippen LogP contribution is 2.29. The molecule has 0 atom stereocenters. The van der Waals surface area contributed by atoms with E-state index in [1.165, 1.54) is 0 Å². The van der Waals surface area contributed by atoms with Gasteiger partial charge in [0.25, 0.3) is 0 Å². The molecule has 1 aromatic carbocycles. The van der Waals surface area contributed by atoms with Crippen LogP contribution < -0.4 is 0 Å². The largest absolute Gasteiger partial charge is 0.453 e. The zero-order valence-corrected chi connectivity index (χ0v) is 11.9. The fourth-order valence-electron chi connectivity index (χ4n) is 2.36. The summed E-state index contributed by atoms with van der Waals surface area (Å²) in [4.78, 5) is 4.56. The molecule has 0 fully saturated rings. The number of benzene rings is 1. The number of aromatic nitrogens is 2. The van der Waals surface area contributed by atoms with Gasteiger partial charge in [-0.3, -0.25) is 0 Å². The average molecular weight is 276 g/mol. The van der Waals surface area contributed by atoms with E-state index in [4.69, 9.17) is 4.42 Å². The molecule has 0 bridgehead atoms. The second-order valence-electron chi connectivity index (χ2n) is 4.70. The maximum atomic E-state index is 5.94. The molecule has 0 aliphatic heterocycles. The van der Waals surface area contributed by atoms with Gasteiger partial charge in [-0.25, -0.2) is 4.98 Å². The first kappa shape index (κ1) is 13.2. The van der Waals surface area contributed by atoms with E-state index >= 15 is 0 Å². The predicted octanol–water partition coefficient (Wildman–Crippen LogP) is 4.63. The quantitative estimate of drug-likeness (QED) is 0.695. The van der Waals surface area contributed by atoms with Crippen LogP contribution in [0.5, 0.6) is 0 Å². The van der Waals surface area contributed by atoms with Crippen molar-refractivity contribution in [2.24, 2.45) is 7.05 Å². The lowest BCUT2D eigenvalue weighted by atomic mass is 10.2. The molecule has 3 aromatic rings. The van der Waals surface area contributed by atoms with Gasteiger partial charge in [-0.1, -0.05) is 43.5 Å². The van der Waals surface area contributed by atoms with Gasteiger partial charge in [0.2, 0.25) is 0 Å². The first-order valence-corrected chi connectivity index (χ1v) is 6.72. The minimum atomic E-state index is 0.729. The van der Waals surface area contributed by atoms with Crippen LogP contribution in [0.15, 0.2) is 60.0 Å². The zero-order valence-electron chi connectivity index (χ0n) is 11.9. The molecule has 0 radical (unpaired) electrons. The molecule has 0 amide bonds. The molecule has 0 aliphatic rings. The van der Waals surface area contributed by atoms with Crippen LogP contribution in [0.1, 0.15) is 11.4 Å². The summed E-state index contributed by atoms with van der Waals surface area (Å²) in [7, 11) is 1.94. The molecule has 3 nitrogen and oxygen atoms in total. The van der Waals surface area contributed by atoms with Crippen LogP contribution in [-0.2, 0) is 7.05 Å². The Hall–Kier alpha value is -2.81. The van der Waals surface area contributed by atoms with Gasteiger partial charge in [-0.2, -0.15) is 0 Å². The highest BCUT2D eigenvalue weighted by atomic mass is 16.3. The Labute approximate surface area is 123 Å². The molecule has 0 spiro atoms. The summed E-state index contributed by atoms with van der Waals surface area (Å²) in [6.07, 6.45) is 3.50. The van der Waals surface area contributed by atoms with Crippen molar-refractivity contribution in [3.8, 4) is 22.9 Å². The lowest BCUT2D eigenvalue weighted by Crippen LogP contribution is -1.93. The molecule has 21 heavy (non-hydrogen) atoms. The molecule has 0 N–H and O–H groups in total. The minimum Gasteiger partial charge on any atom is -0.453 e. The van der Waals surface area contributed by atoms with Gasteiger partial charge in [-0.05, 0) is 24.3 Å². The third-order valence-corrected chi connectivity index (χ3v) is 3.44. The molecular formula is C18H16N2O. The predicted molar refractivity (Wildman–Crippen MR) is 86.5 cm³/mol. The molecule has 0 saturated heterocycles. The Morgan fingerprint density at radius 1 is 1.00 bits per heavy atom. The number of hydrogen-bond acceptors (Lipinski definition) is 2. The maximum Gasteiger partial charge on any atom is 0.177 e. The second kappa shape index (κ2) is 5.29. The highest BCUT2D eigenvalue weighted by molar-refractivity contribution is 5.66. The third-order valence-electron chi connectivity index (χ3n) is 3.44. The molecule has 0 aliphatic carbocycles. The van der Waals surface area contributed by atoms with Crippen molar-refractivity contribution in [2.75, 3.05) is 0 Å². The van der Waals surface area contributed by atoms with Crippen molar-refractivity contribution in [1.29, 1.82) is 0 Å². The van der Waals surface area contributed by atoms with Gasteiger partial charge >= 0.3 is 0 Å². The van der Waals surface area contributed by atoms with Crippen LogP contribution in [0, 0.1) is 0 Å². The SMILES string of the molecule is C=Cc1nc(-c2ccc(-c3ccccc3)o2)n(C)c1C=C. The average Bonchev–Trinajstić information content (AvgIpc) is 3.12. The molecule has 104 valence electrons. The van der Waals surface area contributed by atoms with Crippen LogP contribution in [0.2, 0.25) is 0 Å². The summed E-state index contributed by atoms with van der Waals surface area (Å²) in [5, 5.41) is 0. The van der Waals surface area contributed by atoms with E-state index < -0.39 is 0 Å². The number of rotatable bonds is 4. The summed E-state index contributed by atoms with van der Waals surface area (Å²) in [6.45, 7) is 7.61. The van der Waals surface area contributed by atoms with Crippen molar-refractivity contribution in [3.63, 3.8) is 0 Å². The van der Waals surface area contributed by atoms with Crippen LogP contribution in [0.4, 0.5) is 0 Å². The van der Waals surface area contributed by atoms with Crippen LogP contribution in [0.25, 0.3) is 35.1 Å². The number of furan rings is 1. The molecule has 3 rings (SSSR count). The van der Waals surface area contributed by atoms with Gasteiger partial charge in [0, 0.05) is 12.6 Å². The van der Waals surface area contributed by atoms with Crippen molar-refractivity contribution < 1.29 is 4.42 Å². The number of imidazole rings is 1. The van der Waals surface area contributed by atoms with E-state index in [2.05, 4.69) is 18.1 Å². The summed E-state index contributed by atoms with van der Waals surface area (Å²) in [5.74, 6) is 2.32. The number of nitrogens with zero attached hydrogens (tertiary/aromatic N) is 2. The van der Waals surface area contributed by atoms with Crippen LogP contribution >= 0.6 is 0 Å². The van der Waals surface area contributed by atoms with Crippen molar-refractivity contribution in [3.05, 3.63) is 67.0 Å². The first-order chi connectivity index (χ1) is 10.2. The Kier molecular flexibility index (Phi) is 3.32. The summed E-state index contributed by atoms with van der Waals surface area (Å²) >= 11 is 0. The van der Waals surface area contributed by atoms with Crippen LogP contribution in [0.3, 0.4) is 0 Å². The van der Waals surface area contributed by atoms with Gasteiger partial charge in [0.15, 0.2) is 11.6 Å². The number of hydrogen-bond donors (Lipinski definition) is 0. The van der Waals surface area contributed by atoms with Crippen molar-refractivity contribution in [1.82, 2.24) is 9.55 Å². The van der Waals surface area contributed by atoms with Crippen molar-refractivity contribution in [2.45, 2.75) is 0 Å². The van der Waals surface area contributed by atoms with Gasteiger partial charge in [0.1, 0.15) is 5.76 Å². The van der Waals surface area contributed by atoms with E-state index in [1.807, 2.05) is 54.1 Å². The topological polar surface area (TPSA) is 31.0 Å². The van der Waals surface area contributed by atoms with E-state index in [0.29, 0.717) is 0 Å². The first-order valence-electron chi connectivity index (χ1n) is 6.72. The Balaban J connectivity index is 2.07. The Morgan fingerprint density at radius 2 is 1.71 bits per heavy atom. The molecule has 2 aromatic heterocycles. The van der Waals surface area contributed by atoms with Crippen molar-refractivity contribution >= 4 is 12.2 Å². The van der Waals surface area contributed by atoms with E-state index in [-0.39, 0.29) is 0 Å². The molecule has 2 heterocycles. The van der Waals surface area contributed by atoms with Gasteiger partial charge < -0.3 is 8.98 Å². The Bertz CT molecular complexity index is 794. The minimum absolute atomic E-state index is 0.729. The molecule has 0 saturated carbocycles. The lowest BCUT2D eigenvalue weighted by molar-refractivity contribution is 0.588. The monoisotopic (exact) mass is 276 g/mol. The fourth-order valence-corrected chi connectivity index (χ4v) is 2.36. The van der Waals surface area contributed by atoms with Crippen LogP contribution in [-0.4, -0.2) is 9.55 Å². The maximum absolute atomic E-state index is 5.94. The highest BCUT2D eigenvalue weighted by Gasteiger charge is 2.15. The smallest absolute Gasteiger partial charge is 0.177 e. The molecule has 0 unspecified atom stereocenters. The van der Waals surface area contributed by atoms with E-state index in [0.717, 1.165) is 34.3 Å². The molecule has 3 heteroatoms. The van der Waals surface area contributed by atoms with E-state index in [1.54, 1.807) is 12.2 Å².